The SMILES string of the molecule is CC(C)[C@](C)(C#N)NC(=O)CN1CCC[C@H](c2nc3ccccc3s2)C1. The van der Waals surface area contributed by atoms with Gasteiger partial charge < -0.3 is 5.32 Å². The molecular weight excluding hydrogens is 344 g/mol. The fourth-order valence-electron chi connectivity index (χ4n) is 3.30. The maximum Gasteiger partial charge on any atom is 0.235 e. The zero-order valence-corrected chi connectivity index (χ0v) is 16.5. The first-order valence-electron chi connectivity index (χ1n) is 9.21. The Balaban J connectivity index is 1.63. The van der Waals surface area contributed by atoms with E-state index in [1.54, 1.807) is 18.3 Å². The molecule has 0 saturated carbocycles. The van der Waals surface area contributed by atoms with Gasteiger partial charge in [0.15, 0.2) is 0 Å². The van der Waals surface area contributed by atoms with E-state index in [1.807, 2.05) is 26.0 Å². The Morgan fingerprint density at radius 3 is 2.96 bits per heavy atom. The summed E-state index contributed by atoms with van der Waals surface area (Å²) in [5.41, 5.74) is 0.239. The number of amides is 1. The summed E-state index contributed by atoms with van der Waals surface area (Å²) in [4.78, 5) is 19.4. The van der Waals surface area contributed by atoms with Crippen LogP contribution in [0.2, 0.25) is 0 Å². The monoisotopic (exact) mass is 370 g/mol. The van der Waals surface area contributed by atoms with Crippen molar-refractivity contribution in [1.82, 2.24) is 15.2 Å². The Hall–Kier alpha value is -1.97. The average Bonchev–Trinajstić information content (AvgIpc) is 3.05. The Morgan fingerprint density at radius 1 is 1.50 bits per heavy atom. The number of aromatic nitrogens is 1. The summed E-state index contributed by atoms with van der Waals surface area (Å²) in [5.74, 6) is 0.363. The molecule has 2 atom stereocenters. The average molecular weight is 371 g/mol. The van der Waals surface area contributed by atoms with Gasteiger partial charge in [0.05, 0.1) is 27.8 Å². The van der Waals surface area contributed by atoms with Gasteiger partial charge >= 0.3 is 0 Å². The second-order valence-corrected chi connectivity index (χ2v) is 8.67. The molecule has 2 heterocycles. The first kappa shape index (κ1) is 18.8. The van der Waals surface area contributed by atoms with Crippen LogP contribution in [0.4, 0.5) is 0 Å². The first-order chi connectivity index (χ1) is 12.4. The normalized spacial score (nSPS) is 20.7. The van der Waals surface area contributed by atoms with Crippen molar-refractivity contribution in [3.05, 3.63) is 29.3 Å². The summed E-state index contributed by atoms with van der Waals surface area (Å²) >= 11 is 1.76. The molecule has 6 heteroatoms. The number of hydrogen-bond donors (Lipinski definition) is 1. The quantitative estimate of drug-likeness (QED) is 0.874. The highest BCUT2D eigenvalue weighted by molar-refractivity contribution is 7.18. The molecule has 0 radical (unpaired) electrons. The molecule has 26 heavy (non-hydrogen) atoms. The molecule has 1 N–H and O–H groups in total. The van der Waals surface area contributed by atoms with Crippen molar-refractivity contribution in [3.8, 4) is 6.07 Å². The lowest BCUT2D eigenvalue weighted by atomic mass is 9.90. The van der Waals surface area contributed by atoms with E-state index in [9.17, 15) is 10.1 Å². The van der Waals surface area contributed by atoms with Gasteiger partial charge in [-0.3, -0.25) is 9.69 Å². The molecule has 0 unspecified atom stereocenters. The van der Waals surface area contributed by atoms with Gasteiger partial charge in [-0.25, -0.2) is 4.98 Å². The molecule has 1 aliphatic heterocycles. The first-order valence-corrected chi connectivity index (χ1v) is 10.0. The minimum atomic E-state index is -0.820. The third-order valence-corrected chi connectivity index (χ3v) is 6.52. The van der Waals surface area contributed by atoms with Gasteiger partial charge in [0.25, 0.3) is 0 Å². The lowest BCUT2D eigenvalue weighted by molar-refractivity contribution is -0.124. The maximum absolute atomic E-state index is 12.5. The van der Waals surface area contributed by atoms with Gasteiger partial charge in [-0.15, -0.1) is 11.3 Å². The van der Waals surface area contributed by atoms with Crippen molar-refractivity contribution in [3.63, 3.8) is 0 Å². The number of para-hydroxylation sites is 1. The van der Waals surface area contributed by atoms with Gasteiger partial charge in [-0.2, -0.15) is 5.26 Å². The third kappa shape index (κ3) is 4.05. The van der Waals surface area contributed by atoms with E-state index < -0.39 is 5.54 Å². The molecule has 138 valence electrons. The van der Waals surface area contributed by atoms with Crippen LogP contribution in [0.25, 0.3) is 10.2 Å². The molecule has 5 nitrogen and oxygen atoms in total. The molecule has 1 fully saturated rings. The number of carbonyl (C=O) groups excluding carboxylic acids is 1. The standard InChI is InChI=1S/C20H26N4OS/c1-14(2)20(3,13-21)23-18(25)12-24-10-6-7-15(11-24)19-22-16-8-4-5-9-17(16)26-19/h4-5,8-9,14-15H,6-7,10-12H2,1-3H3,(H,23,25)/t15-,20-/m0/s1. The second-order valence-electron chi connectivity index (χ2n) is 7.61. The van der Waals surface area contributed by atoms with Crippen LogP contribution >= 0.6 is 11.3 Å². The number of likely N-dealkylation sites (tertiary alicyclic amines) is 1. The van der Waals surface area contributed by atoms with Crippen molar-refractivity contribution in [2.75, 3.05) is 19.6 Å². The van der Waals surface area contributed by atoms with Crippen molar-refractivity contribution in [1.29, 1.82) is 5.26 Å². The second kappa shape index (κ2) is 7.73. The van der Waals surface area contributed by atoms with Crippen LogP contribution in [0, 0.1) is 17.2 Å². The summed E-state index contributed by atoms with van der Waals surface area (Å²) in [6.07, 6.45) is 2.17. The molecule has 0 bridgehead atoms. The van der Waals surface area contributed by atoms with Gasteiger partial charge in [-0.05, 0) is 44.4 Å². The van der Waals surface area contributed by atoms with Crippen LogP contribution in [0.3, 0.4) is 0 Å². The molecule has 2 aromatic rings. The van der Waals surface area contributed by atoms with Crippen LogP contribution in [0.5, 0.6) is 0 Å². The third-order valence-electron chi connectivity index (χ3n) is 5.32. The molecule has 1 amide bonds. The number of hydrogen-bond acceptors (Lipinski definition) is 5. The summed E-state index contributed by atoms with van der Waals surface area (Å²) in [7, 11) is 0. The fraction of sp³-hybridized carbons (Fsp3) is 0.550. The molecule has 0 spiro atoms. The molecule has 1 aliphatic rings. The van der Waals surface area contributed by atoms with Crippen molar-refractivity contribution >= 4 is 27.5 Å². The number of piperidine rings is 1. The number of fused-ring (bicyclic) bond motifs is 1. The summed E-state index contributed by atoms with van der Waals surface area (Å²) in [6.45, 7) is 7.79. The van der Waals surface area contributed by atoms with E-state index in [0.29, 0.717) is 12.5 Å². The van der Waals surface area contributed by atoms with Crippen LogP contribution in [-0.4, -0.2) is 41.0 Å². The lowest BCUT2D eigenvalue weighted by Gasteiger charge is -2.33. The van der Waals surface area contributed by atoms with Crippen LogP contribution in [0.15, 0.2) is 24.3 Å². The lowest BCUT2D eigenvalue weighted by Crippen LogP contribution is -2.52. The molecule has 3 rings (SSSR count). The van der Waals surface area contributed by atoms with E-state index in [2.05, 4.69) is 28.4 Å². The highest BCUT2D eigenvalue weighted by atomic mass is 32.1. The van der Waals surface area contributed by atoms with E-state index in [0.717, 1.165) is 31.4 Å². The zero-order valence-electron chi connectivity index (χ0n) is 15.7. The van der Waals surface area contributed by atoms with Gasteiger partial charge in [0.2, 0.25) is 5.91 Å². The summed E-state index contributed by atoms with van der Waals surface area (Å²) in [5, 5.41) is 13.5. The zero-order chi connectivity index (χ0) is 18.7. The van der Waals surface area contributed by atoms with Gasteiger partial charge in [-0.1, -0.05) is 26.0 Å². The predicted molar refractivity (Wildman–Crippen MR) is 105 cm³/mol. The van der Waals surface area contributed by atoms with Crippen molar-refractivity contribution in [2.45, 2.75) is 45.1 Å². The molecule has 0 aliphatic carbocycles. The molecule has 1 aromatic heterocycles. The summed E-state index contributed by atoms with van der Waals surface area (Å²) in [6, 6.07) is 10.5. The van der Waals surface area contributed by atoms with Crippen molar-refractivity contribution in [2.24, 2.45) is 5.92 Å². The fourth-order valence-corrected chi connectivity index (χ4v) is 4.39. The largest absolute Gasteiger partial charge is 0.337 e. The van der Waals surface area contributed by atoms with Crippen LogP contribution < -0.4 is 5.32 Å². The van der Waals surface area contributed by atoms with E-state index >= 15 is 0 Å². The topological polar surface area (TPSA) is 69.0 Å². The number of nitrogens with zero attached hydrogens (tertiary/aromatic N) is 3. The van der Waals surface area contributed by atoms with E-state index in [-0.39, 0.29) is 11.8 Å². The molecular formula is C20H26N4OS. The summed E-state index contributed by atoms with van der Waals surface area (Å²) < 4.78 is 1.22. The molecule has 1 saturated heterocycles. The Bertz CT molecular complexity index is 792. The number of carbonyl (C=O) groups is 1. The van der Waals surface area contributed by atoms with Crippen LogP contribution in [0.1, 0.15) is 44.5 Å². The minimum absolute atomic E-state index is 0.0632. The smallest absolute Gasteiger partial charge is 0.235 e. The highest BCUT2D eigenvalue weighted by Crippen LogP contribution is 2.32. The minimum Gasteiger partial charge on any atom is -0.337 e. The number of benzene rings is 1. The van der Waals surface area contributed by atoms with Crippen LogP contribution in [-0.2, 0) is 4.79 Å². The Labute approximate surface area is 159 Å². The number of thiazole rings is 1. The highest BCUT2D eigenvalue weighted by Gasteiger charge is 2.31. The Kier molecular flexibility index (Phi) is 5.59. The Morgan fingerprint density at radius 2 is 2.27 bits per heavy atom. The van der Waals surface area contributed by atoms with Gasteiger partial charge in [0.1, 0.15) is 5.54 Å². The van der Waals surface area contributed by atoms with E-state index in [1.165, 1.54) is 9.71 Å². The molecule has 1 aromatic carbocycles. The van der Waals surface area contributed by atoms with E-state index in [4.69, 9.17) is 4.98 Å². The van der Waals surface area contributed by atoms with Crippen molar-refractivity contribution < 1.29 is 4.79 Å². The number of nitriles is 1. The predicted octanol–water partition coefficient (Wildman–Crippen LogP) is 3.53. The maximum atomic E-state index is 12.5. The number of nitrogens with one attached hydrogen (secondary N) is 1. The van der Waals surface area contributed by atoms with Gasteiger partial charge in [0, 0.05) is 12.5 Å². The number of rotatable bonds is 5.